The maximum Gasteiger partial charge on any atom is 0.250 e. The molecular formula is C21H26N4O3. The number of aryl methyl sites for hydroxylation is 1. The summed E-state index contributed by atoms with van der Waals surface area (Å²) in [7, 11) is 0. The Bertz CT molecular complexity index is 885. The number of piperazine rings is 1. The number of hydrogen-bond acceptors (Lipinski definition) is 4. The van der Waals surface area contributed by atoms with Crippen molar-refractivity contribution < 1.29 is 9.59 Å². The van der Waals surface area contributed by atoms with Crippen LogP contribution >= 0.6 is 0 Å². The average molecular weight is 382 g/mol. The van der Waals surface area contributed by atoms with Gasteiger partial charge in [0.05, 0.1) is 6.54 Å². The van der Waals surface area contributed by atoms with E-state index >= 15 is 0 Å². The molecule has 0 spiro atoms. The van der Waals surface area contributed by atoms with Crippen molar-refractivity contribution in [3.05, 3.63) is 64.6 Å². The highest BCUT2D eigenvalue weighted by atomic mass is 16.2. The molecule has 148 valence electrons. The molecule has 0 atom stereocenters. The summed E-state index contributed by atoms with van der Waals surface area (Å²) in [6, 6.07) is 12.6. The first-order chi connectivity index (χ1) is 13.6. The van der Waals surface area contributed by atoms with Gasteiger partial charge in [0.2, 0.25) is 11.8 Å². The molecule has 28 heavy (non-hydrogen) atoms. The molecule has 2 heterocycles. The van der Waals surface area contributed by atoms with Gasteiger partial charge in [-0.1, -0.05) is 31.2 Å². The van der Waals surface area contributed by atoms with Crippen LogP contribution in [0.15, 0.2) is 53.5 Å². The lowest BCUT2D eigenvalue weighted by Crippen LogP contribution is -2.51. The van der Waals surface area contributed by atoms with E-state index in [2.05, 4.69) is 12.2 Å². The molecule has 0 bridgehead atoms. The summed E-state index contributed by atoms with van der Waals surface area (Å²) >= 11 is 0. The lowest BCUT2D eigenvalue weighted by Gasteiger charge is -2.34. The lowest BCUT2D eigenvalue weighted by molar-refractivity contribution is -0.133. The van der Waals surface area contributed by atoms with E-state index in [1.165, 1.54) is 10.6 Å². The quantitative estimate of drug-likeness (QED) is 0.815. The van der Waals surface area contributed by atoms with Crippen LogP contribution in [0.4, 0.5) is 5.69 Å². The minimum atomic E-state index is -0.182. The largest absolute Gasteiger partial charge is 0.339 e. The molecule has 1 aliphatic heterocycles. The third kappa shape index (κ3) is 5.07. The molecule has 0 saturated carbocycles. The fourth-order valence-electron chi connectivity index (χ4n) is 3.34. The average Bonchev–Trinajstić information content (AvgIpc) is 2.70. The number of para-hydroxylation sites is 1. The highest BCUT2D eigenvalue weighted by molar-refractivity contribution is 5.93. The first-order valence-electron chi connectivity index (χ1n) is 9.60. The number of anilines is 1. The highest BCUT2D eigenvalue weighted by Gasteiger charge is 2.22. The number of hydrogen-bond donors (Lipinski definition) is 1. The number of nitrogens with one attached hydrogen (secondary N) is 1. The van der Waals surface area contributed by atoms with Gasteiger partial charge in [-0.2, -0.15) is 0 Å². The van der Waals surface area contributed by atoms with Gasteiger partial charge in [0.1, 0.15) is 6.54 Å². The predicted molar refractivity (Wildman–Crippen MR) is 108 cm³/mol. The van der Waals surface area contributed by atoms with Crippen molar-refractivity contribution in [2.75, 3.05) is 38.0 Å². The normalized spacial score (nSPS) is 14.7. The van der Waals surface area contributed by atoms with Crippen LogP contribution in [0.25, 0.3) is 0 Å². The Morgan fingerprint density at radius 1 is 0.964 bits per heavy atom. The molecule has 1 aromatic heterocycles. The Labute approximate surface area is 164 Å². The Kier molecular flexibility index (Phi) is 6.60. The molecule has 1 aromatic carbocycles. The van der Waals surface area contributed by atoms with Gasteiger partial charge in [-0.15, -0.1) is 0 Å². The number of carbonyl (C=O) groups is 2. The molecule has 0 unspecified atom stereocenters. The molecule has 2 amide bonds. The summed E-state index contributed by atoms with van der Waals surface area (Å²) in [5.74, 6) is -0.120. The van der Waals surface area contributed by atoms with Crippen molar-refractivity contribution in [2.24, 2.45) is 0 Å². The van der Waals surface area contributed by atoms with Gasteiger partial charge in [-0.05, 0) is 24.1 Å². The van der Waals surface area contributed by atoms with Crippen molar-refractivity contribution in [3.8, 4) is 0 Å². The maximum absolute atomic E-state index is 12.4. The number of pyridine rings is 1. The number of amides is 2. The van der Waals surface area contributed by atoms with E-state index in [1.807, 2.05) is 29.2 Å². The molecule has 2 aromatic rings. The van der Waals surface area contributed by atoms with Gasteiger partial charge in [0, 0.05) is 44.1 Å². The van der Waals surface area contributed by atoms with Crippen LogP contribution in [-0.2, 0) is 22.6 Å². The fraction of sp³-hybridized carbons (Fsp3) is 0.381. The Morgan fingerprint density at radius 3 is 2.39 bits per heavy atom. The number of rotatable bonds is 6. The van der Waals surface area contributed by atoms with Crippen molar-refractivity contribution in [1.29, 1.82) is 0 Å². The van der Waals surface area contributed by atoms with E-state index in [1.54, 1.807) is 23.2 Å². The first-order valence-corrected chi connectivity index (χ1v) is 9.60. The Balaban J connectivity index is 1.47. The summed E-state index contributed by atoms with van der Waals surface area (Å²) in [5.41, 5.74) is 1.79. The van der Waals surface area contributed by atoms with Crippen LogP contribution < -0.4 is 10.9 Å². The van der Waals surface area contributed by atoms with Crippen LogP contribution in [0.2, 0.25) is 0 Å². The molecular weight excluding hydrogens is 356 g/mol. The first kappa shape index (κ1) is 19.8. The van der Waals surface area contributed by atoms with Crippen molar-refractivity contribution in [2.45, 2.75) is 19.9 Å². The van der Waals surface area contributed by atoms with E-state index in [-0.39, 0.29) is 23.9 Å². The van der Waals surface area contributed by atoms with Crippen LogP contribution in [0.5, 0.6) is 0 Å². The predicted octanol–water partition coefficient (Wildman–Crippen LogP) is 1.19. The van der Waals surface area contributed by atoms with E-state index in [0.29, 0.717) is 32.7 Å². The smallest absolute Gasteiger partial charge is 0.250 e. The second kappa shape index (κ2) is 9.32. The topological polar surface area (TPSA) is 74.7 Å². The molecule has 1 saturated heterocycles. The minimum Gasteiger partial charge on any atom is -0.339 e. The summed E-state index contributed by atoms with van der Waals surface area (Å²) in [6.07, 6.45) is 2.48. The second-order valence-corrected chi connectivity index (χ2v) is 6.88. The molecule has 0 aliphatic carbocycles. The molecule has 0 radical (unpaired) electrons. The third-order valence-corrected chi connectivity index (χ3v) is 4.97. The zero-order chi connectivity index (χ0) is 19.9. The van der Waals surface area contributed by atoms with Gasteiger partial charge >= 0.3 is 0 Å². The number of aromatic nitrogens is 1. The van der Waals surface area contributed by atoms with Gasteiger partial charge in [0.15, 0.2) is 0 Å². The Morgan fingerprint density at radius 2 is 1.68 bits per heavy atom. The molecule has 1 aliphatic rings. The van der Waals surface area contributed by atoms with Gasteiger partial charge in [0.25, 0.3) is 5.56 Å². The monoisotopic (exact) mass is 382 g/mol. The molecule has 7 nitrogen and oxygen atoms in total. The highest BCUT2D eigenvalue weighted by Crippen LogP contribution is 2.15. The molecule has 1 N–H and O–H groups in total. The van der Waals surface area contributed by atoms with Crippen molar-refractivity contribution in [3.63, 3.8) is 0 Å². The summed E-state index contributed by atoms with van der Waals surface area (Å²) in [6.45, 7) is 4.80. The Hall–Kier alpha value is -2.93. The molecule has 7 heteroatoms. The number of carbonyl (C=O) groups excluding carboxylic acids is 2. The molecule has 3 rings (SSSR count). The van der Waals surface area contributed by atoms with Crippen molar-refractivity contribution >= 4 is 17.5 Å². The zero-order valence-electron chi connectivity index (χ0n) is 16.1. The lowest BCUT2D eigenvalue weighted by atomic mass is 10.1. The maximum atomic E-state index is 12.4. The van der Waals surface area contributed by atoms with Gasteiger partial charge in [-0.3, -0.25) is 19.3 Å². The fourth-order valence-corrected chi connectivity index (χ4v) is 3.34. The van der Waals surface area contributed by atoms with E-state index in [9.17, 15) is 14.4 Å². The van der Waals surface area contributed by atoms with Crippen LogP contribution in [-0.4, -0.2) is 58.9 Å². The van der Waals surface area contributed by atoms with Crippen LogP contribution in [0.3, 0.4) is 0 Å². The second-order valence-electron chi connectivity index (χ2n) is 6.88. The summed E-state index contributed by atoms with van der Waals surface area (Å²) in [4.78, 5) is 40.3. The standard InChI is InChI=1S/C21H26N4O3/c1-2-17-7-3-4-8-18(17)22-19(26)15-23-11-13-24(14-12-23)21(28)16-25-10-6-5-9-20(25)27/h3-10H,2,11-16H2,1H3,(H,22,26). The van der Waals surface area contributed by atoms with Crippen LogP contribution in [0, 0.1) is 0 Å². The number of benzene rings is 1. The molecule has 1 fully saturated rings. The van der Waals surface area contributed by atoms with E-state index in [4.69, 9.17) is 0 Å². The minimum absolute atomic E-state index is 0.0449. The summed E-state index contributed by atoms with van der Waals surface area (Å²) in [5, 5.41) is 2.98. The van der Waals surface area contributed by atoms with Crippen molar-refractivity contribution in [1.82, 2.24) is 14.4 Å². The van der Waals surface area contributed by atoms with Gasteiger partial charge in [-0.25, -0.2) is 0 Å². The summed E-state index contributed by atoms with van der Waals surface area (Å²) < 4.78 is 1.41. The van der Waals surface area contributed by atoms with Gasteiger partial charge < -0.3 is 14.8 Å². The van der Waals surface area contributed by atoms with Crippen LogP contribution in [0.1, 0.15) is 12.5 Å². The van der Waals surface area contributed by atoms with E-state index < -0.39 is 0 Å². The third-order valence-electron chi connectivity index (χ3n) is 4.97. The zero-order valence-corrected chi connectivity index (χ0v) is 16.1. The van der Waals surface area contributed by atoms with E-state index in [0.717, 1.165) is 17.7 Å². The number of nitrogens with zero attached hydrogens (tertiary/aromatic N) is 3. The SMILES string of the molecule is CCc1ccccc1NC(=O)CN1CCN(C(=O)Cn2ccccc2=O)CC1.